The zero-order chi connectivity index (χ0) is 31.8. The molecule has 0 amide bonds. The fraction of sp³-hybridized carbons (Fsp3) is 0.0930. The van der Waals surface area contributed by atoms with Crippen LogP contribution in [-0.2, 0) is 4.57 Å². The average Bonchev–Trinajstić information content (AvgIpc) is 3.10. The highest BCUT2D eigenvalue weighted by molar-refractivity contribution is 7.85. The largest absolute Gasteiger partial charge is 0.309 e. The molecular weight excluding hydrogens is 577 g/mol. The Bertz CT molecular complexity index is 2200. The minimum atomic E-state index is -3.36. The molecule has 0 radical (unpaired) electrons. The van der Waals surface area contributed by atoms with Crippen molar-refractivity contribution in [1.82, 2.24) is 4.98 Å². The standard InChI is InChI=1S/C43H36NOP/c1-29-18-20-31(3)41(24-29)34-11-7-14-37(26-34)46(45,38-15-8-12-35(27-38)42-25-30(2)19-21-32(42)4)39-16-9-13-36(28-39)43-40-17-6-5-10-33(40)22-23-44-43/h5-28H,1-4H3. The molecule has 6 aromatic carbocycles. The molecule has 0 N–H and O–H groups in total. The first-order valence-corrected chi connectivity index (χ1v) is 17.4. The summed E-state index contributed by atoms with van der Waals surface area (Å²) in [4.78, 5) is 4.80. The zero-order valence-electron chi connectivity index (χ0n) is 26.7. The molecule has 0 atom stereocenters. The summed E-state index contributed by atoms with van der Waals surface area (Å²) >= 11 is 0. The van der Waals surface area contributed by atoms with Crippen LogP contribution >= 0.6 is 7.14 Å². The predicted molar refractivity (Wildman–Crippen MR) is 196 cm³/mol. The molecule has 0 unspecified atom stereocenters. The van der Waals surface area contributed by atoms with Crippen LogP contribution in [0.25, 0.3) is 44.3 Å². The summed E-state index contributed by atoms with van der Waals surface area (Å²) in [6.07, 6.45) is 1.85. The van der Waals surface area contributed by atoms with Crippen molar-refractivity contribution in [1.29, 1.82) is 0 Å². The lowest BCUT2D eigenvalue weighted by Gasteiger charge is -2.23. The molecule has 0 bridgehead atoms. The first-order chi connectivity index (χ1) is 22.3. The van der Waals surface area contributed by atoms with Gasteiger partial charge in [-0.15, -0.1) is 0 Å². The van der Waals surface area contributed by atoms with Crippen LogP contribution in [0.1, 0.15) is 22.3 Å². The van der Waals surface area contributed by atoms with Gasteiger partial charge in [0, 0.05) is 33.1 Å². The van der Waals surface area contributed by atoms with Crippen molar-refractivity contribution in [2.45, 2.75) is 27.7 Å². The molecule has 0 spiro atoms. The van der Waals surface area contributed by atoms with Crippen LogP contribution in [0.4, 0.5) is 0 Å². The van der Waals surface area contributed by atoms with Gasteiger partial charge in [0.2, 0.25) is 0 Å². The Hall–Kier alpha value is -5.04. The molecule has 0 aliphatic rings. The van der Waals surface area contributed by atoms with Crippen molar-refractivity contribution in [3.05, 3.63) is 168 Å². The summed E-state index contributed by atoms with van der Waals surface area (Å²) in [6.45, 7) is 8.50. The van der Waals surface area contributed by atoms with Gasteiger partial charge in [0.25, 0.3) is 0 Å². The molecule has 1 aromatic heterocycles. The Morgan fingerprint density at radius 1 is 0.478 bits per heavy atom. The lowest BCUT2D eigenvalue weighted by atomic mass is 9.98. The van der Waals surface area contributed by atoms with Gasteiger partial charge in [-0.1, -0.05) is 126 Å². The van der Waals surface area contributed by atoms with E-state index in [4.69, 9.17) is 4.98 Å². The van der Waals surface area contributed by atoms with Crippen LogP contribution in [0.15, 0.2) is 146 Å². The molecule has 0 aliphatic carbocycles. The smallest absolute Gasteiger partial charge is 0.171 e. The molecule has 1 heterocycles. The second kappa shape index (κ2) is 12.0. The molecule has 2 nitrogen and oxygen atoms in total. The van der Waals surface area contributed by atoms with Crippen molar-refractivity contribution in [2.24, 2.45) is 0 Å². The highest BCUT2D eigenvalue weighted by Gasteiger charge is 2.31. The van der Waals surface area contributed by atoms with Crippen LogP contribution in [0.5, 0.6) is 0 Å². The number of pyridine rings is 1. The van der Waals surface area contributed by atoms with Gasteiger partial charge in [0.05, 0.1) is 5.69 Å². The number of fused-ring (bicyclic) bond motifs is 1. The number of nitrogens with zero attached hydrogens (tertiary/aromatic N) is 1. The normalized spacial score (nSPS) is 11.6. The maximum atomic E-state index is 16.1. The van der Waals surface area contributed by atoms with Crippen LogP contribution in [0.3, 0.4) is 0 Å². The quantitative estimate of drug-likeness (QED) is 0.175. The number of benzene rings is 6. The zero-order valence-corrected chi connectivity index (χ0v) is 27.6. The van der Waals surface area contributed by atoms with Crippen LogP contribution in [0, 0.1) is 27.7 Å². The van der Waals surface area contributed by atoms with E-state index in [1.165, 1.54) is 22.3 Å². The predicted octanol–water partition coefficient (Wildman–Crippen LogP) is 10.1. The van der Waals surface area contributed by atoms with Crippen molar-refractivity contribution < 1.29 is 4.57 Å². The molecule has 7 aromatic rings. The van der Waals surface area contributed by atoms with Gasteiger partial charge in [-0.25, -0.2) is 0 Å². The average molecular weight is 614 g/mol. The molecule has 0 aliphatic heterocycles. The Balaban J connectivity index is 1.47. The van der Waals surface area contributed by atoms with Crippen LogP contribution in [-0.4, -0.2) is 4.98 Å². The Labute approximate surface area is 271 Å². The van der Waals surface area contributed by atoms with Crippen molar-refractivity contribution in [3.63, 3.8) is 0 Å². The molecular formula is C43H36NOP. The third-order valence-electron chi connectivity index (χ3n) is 8.98. The van der Waals surface area contributed by atoms with Gasteiger partial charge in [-0.05, 0) is 90.7 Å². The molecule has 224 valence electrons. The van der Waals surface area contributed by atoms with E-state index in [1.807, 2.05) is 60.8 Å². The number of hydrogen-bond donors (Lipinski definition) is 0. The van der Waals surface area contributed by atoms with E-state index in [0.717, 1.165) is 60.2 Å². The third-order valence-corrected chi connectivity index (χ3v) is 12.0. The fourth-order valence-electron chi connectivity index (χ4n) is 6.48. The fourth-order valence-corrected chi connectivity index (χ4v) is 9.22. The summed E-state index contributed by atoms with van der Waals surface area (Å²) < 4.78 is 16.1. The highest BCUT2D eigenvalue weighted by Crippen LogP contribution is 2.45. The van der Waals surface area contributed by atoms with Gasteiger partial charge < -0.3 is 4.57 Å². The van der Waals surface area contributed by atoms with E-state index in [0.29, 0.717) is 0 Å². The van der Waals surface area contributed by atoms with E-state index < -0.39 is 7.14 Å². The van der Waals surface area contributed by atoms with E-state index in [9.17, 15) is 0 Å². The Kier molecular flexibility index (Phi) is 7.77. The second-order valence-corrected chi connectivity index (χ2v) is 15.0. The van der Waals surface area contributed by atoms with E-state index >= 15 is 4.57 Å². The second-order valence-electron chi connectivity index (χ2n) is 12.3. The number of aryl methyl sites for hydroxylation is 4. The third kappa shape index (κ3) is 5.40. The molecule has 0 saturated heterocycles. The summed E-state index contributed by atoms with van der Waals surface area (Å²) in [5, 5.41) is 4.62. The van der Waals surface area contributed by atoms with Gasteiger partial charge in [-0.2, -0.15) is 0 Å². The van der Waals surface area contributed by atoms with Crippen LogP contribution in [0.2, 0.25) is 0 Å². The van der Waals surface area contributed by atoms with Crippen molar-refractivity contribution >= 4 is 33.8 Å². The summed E-state index contributed by atoms with van der Waals surface area (Å²) in [7, 11) is -3.36. The van der Waals surface area contributed by atoms with Gasteiger partial charge in [-0.3, -0.25) is 4.98 Å². The number of aromatic nitrogens is 1. The SMILES string of the molecule is Cc1ccc(C)c(-c2cccc(P(=O)(c3cccc(-c4cc(C)ccc4C)c3)c3cccc(-c4nccc5ccccc45)c3)c2)c1. The minimum absolute atomic E-state index is 0.788. The maximum absolute atomic E-state index is 16.1. The van der Waals surface area contributed by atoms with E-state index in [-0.39, 0.29) is 0 Å². The van der Waals surface area contributed by atoms with Gasteiger partial charge >= 0.3 is 0 Å². The lowest BCUT2D eigenvalue weighted by molar-refractivity contribution is 0.592. The van der Waals surface area contributed by atoms with E-state index in [1.54, 1.807) is 0 Å². The van der Waals surface area contributed by atoms with Gasteiger partial charge in [0.1, 0.15) is 0 Å². The summed E-state index contributed by atoms with van der Waals surface area (Å²) in [5.74, 6) is 0. The van der Waals surface area contributed by atoms with Crippen LogP contribution < -0.4 is 15.9 Å². The number of rotatable bonds is 6. The maximum Gasteiger partial charge on any atom is 0.171 e. The highest BCUT2D eigenvalue weighted by atomic mass is 31.2. The first kappa shape index (κ1) is 29.7. The first-order valence-electron chi connectivity index (χ1n) is 15.7. The molecule has 7 rings (SSSR count). The molecule has 46 heavy (non-hydrogen) atoms. The molecule has 0 fully saturated rings. The van der Waals surface area contributed by atoms with E-state index in [2.05, 4.69) is 113 Å². The Morgan fingerprint density at radius 2 is 0.978 bits per heavy atom. The number of hydrogen-bond acceptors (Lipinski definition) is 2. The molecule has 3 heteroatoms. The Morgan fingerprint density at radius 3 is 1.54 bits per heavy atom. The monoisotopic (exact) mass is 613 g/mol. The van der Waals surface area contributed by atoms with Crippen molar-refractivity contribution in [2.75, 3.05) is 0 Å². The lowest BCUT2D eigenvalue weighted by Crippen LogP contribution is -2.25. The topological polar surface area (TPSA) is 30.0 Å². The van der Waals surface area contributed by atoms with Gasteiger partial charge in [0.15, 0.2) is 7.14 Å². The molecule has 0 saturated carbocycles. The minimum Gasteiger partial charge on any atom is -0.309 e. The summed E-state index contributed by atoms with van der Waals surface area (Å²) in [5.41, 5.74) is 11.1. The summed E-state index contributed by atoms with van der Waals surface area (Å²) in [6, 6.07) is 48.2. The van der Waals surface area contributed by atoms with Crippen molar-refractivity contribution in [3.8, 4) is 33.5 Å².